The van der Waals surface area contributed by atoms with Gasteiger partial charge in [-0.15, -0.1) is 0 Å². The number of pyridine rings is 1. The number of rotatable bonds is 5. The van der Waals surface area contributed by atoms with Crippen LogP contribution < -0.4 is 5.32 Å². The van der Waals surface area contributed by atoms with Crippen molar-refractivity contribution < 1.29 is 4.79 Å². The molecule has 0 aliphatic heterocycles. The van der Waals surface area contributed by atoms with Crippen molar-refractivity contribution in [2.45, 2.75) is 20.3 Å². The number of hydrogen-bond acceptors (Lipinski definition) is 3. The first-order chi connectivity index (χ1) is 8.04. The molecule has 17 heavy (non-hydrogen) atoms. The van der Waals surface area contributed by atoms with Crippen LogP contribution in [0.2, 0.25) is 0 Å². The van der Waals surface area contributed by atoms with E-state index in [2.05, 4.69) is 24.1 Å². The third-order valence-electron chi connectivity index (χ3n) is 2.74. The monoisotopic (exact) mass is 235 g/mol. The predicted molar refractivity (Wildman–Crippen MR) is 70.2 cm³/mol. The maximum atomic E-state index is 11.7. The van der Waals surface area contributed by atoms with Gasteiger partial charge in [-0.1, -0.05) is 20.3 Å². The van der Waals surface area contributed by atoms with Crippen molar-refractivity contribution in [3.63, 3.8) is 0 Å². The number of carbonyl (C=O) groups is 1. The summed E-state index contributed by atoms with van der Waals surface area (Å²) < 4.78 is 0. The number of nitrogens with zero attached hydrogens (tertiary/aromatic N) is 2. The lowest BCUT2D eigenvalue weighted by molar-refractivity contribution is 0.0822. The first-order valence-electron chi connectivity index (χ1n) is 5.96. The fourth-order valence-corrected chi connectivity index (χ4v) is 1.32. The van der Waals surface area contributed by atoms with Crippen LogP contribution in [-0.4, -0.2) is 36.4 Å². The molecule has 0 aliphatic rings. The van der Waals surface area contributed by atoms with Crippen LogP contribution in [0.5, 0.6) is 0 Å². The lowest BCUT2D eigenvalue weighted by Crippen LogP contribution is -2.23. The molecule has 94 valence electrons. The fourth-order valence-electron chi connectivity index (χ4n) is 1.32. The second-order valence-electron chi connectivity index (χ2n) is 4.52. The molecule has 4 heteroatoms. The van der Waals surface area contributed by atoms with Gasteiger partial charge < -0.3 is 10.2 Å². The molecule has 1 N–H and O–H groups in total. The number of hydrogen-bond donors (Lipinski definition) is 1. The van der Waals surface area contributed by atoms with E-state index in [0.29, 0.717) is 11.6 Å². The van der Waals surface area contributed by atoms with Crippen LogP contribution in [0, 0.1) is 5.92 Å². The quantitative estimate of drug-likeness (QED) is 0.851. The first-order valence-corrected chi connectivity index (χ1v) is 5.96. The Morgan fingerprint density at radius 2 is 2.24 bits per heavy atom. The average molecular weight is 235 g/mol. The summed E-state index contributed by atoms with van der Waals surface area (Å²) in [4.78, 5) is 17.3. The van der Waals surface area contributed by atoms with Crippen molar-refractivity contribution in [2.24, 2.45) is 5.92 Å². The Morgan fingerprint density at radius 1 is 1.53 bits per heavy atom. The molecule has 1 aromatic heterocycles. The van der Waals surface area contributed by atoms with Gasteiger partial charge in [0.2, 0.25) is 0 Å². The van der Waals surface area contributed by atoms with Gasteiger partial charge in [-0.3, -0.25) is 9.78 Å². The summed E-state index contributed by atoms with van der Waals surface area (Å²) in [5.41, 5.74) is 1.43. The van der Waals surface area contributed by atoms with Crippen molar-refractivity contribution >= 4 is 11.6 Å². The lowest BCUT2D eigenvalue weighted by Gasteiger charge is -2.13. The highest BCUT2D eigenvalue weighted by Crippen LogP contribution is 2.11. The minimum atomic E-state index is -0.0720. The van der Waals surface area contributed by atoms with Crippen LogP contribution >= 0.6 is 0 Å². The van der Waals surface area contributed by atoms with Gasteiger partial charge in [0.05, 0.1) is 0 Å². The summed E-state index contributed by atoms with van der Waals surface area (Å²) in [6, 6.07) is 3.68. The zero-order valence-corrected chi connectivity index (χ0v) is 11.0. The Morgan fingerprint density at radius 3 is 2.82 bits per heavy atom. The highest BCUT2D eigenvalue weighted by molar-refractivity contribution is 5.92. The van der Waals surface area contributed by atoms with Gasteiger partial charge in [-0.2, -0.15) is 0 Å². The third-order valence-corrected chi connectivity index (χ3v) is 2.74. The molecule has 0 saturated carbocycles. The van der Waals surface area contributed by atoms with E-state index in [1.165, 1.54) is 4.90 Å². The van der Waals surface area contributed by atoms with Crippen LogP contribution in [0.15, 0.2) is 18.3 Å². The summed E-state index contributed by atoms with van der Waals surface area (Å²) in [7, 11) is 3.45. The molecule has 0 aromatic carbocycles. The van der Waals surface area contributed by atoms with E-state index in [4.69, 9.17) is 0 Å². The smallest absolute Gasteiger partial charge is 0.272 e. The molecule has 1 rings (SSSR count). The Hall–Kier alpha value is -1.58. The van der Waals surface area contributed by atoms with Crippen LogP contribution in [0.3, 0.4) is 0 Å². The molecular weight excluding hydrogens is 214 g/mol. The molecule has 0 radical (unpaired) electrons. The lowest BCUT2D eigenvalue weighted by atomic mass is 10.1. The molecular formula is C13H21N3O. The van der Waals surface area contributed by atoms with E-state index in [0.717, 1.165) is 18.7 Å². The van der Waals surface area contributed by atoms with Crippen molar-refractivity contribution in [1.82, 2.24) is 9.88 Å². The fraction of sp³-hybridized carbons (Fsp3) is 0.538. The highest BCUT2D eigenvalue weighted by atomic mass is 16.2. The summed E-state index contributed by atoms with van der Waals surface area (Å²) >= 11 is 0. The molecule has 0 saturated heterocycles. The summed E-state index contributed by atoms with van der Waals surface area (Å²) in [6.45, 7) is 5.27. The van der Waals surface area contributed by atoms with Crippen molar-refractivity contribution in [3.05, 3.63) is 24.0 Å². The maximum Gasteiger partial charge on any atom is 0.272 e. The van der Waals surface area contributed by atoms with Crippen molar-refractivity contribution in [2.75, 3.05) is 26.0 Å². The molecule has 0 bridgehead atoms. The summed E-state index contributed by atoms with van der Waals surface area (Å²) in [5, 5.41) is 3.32. The van der Waals surface area contributed by atoms with E-state index in [1.54, 1.807) is 26.4 Å². The van der Waals surface area contributed by atoms with Gasteiger partial charge in [0.15, 0.2) is 0 Å². The molecule has 4 nitrogen and oxygen atoms in total. The normalized spacial score (nSPS) is 12.0. The van der Waals surface area contributed by atoms with Crippen LogP contribution in [0.25, 0.3) is 0 Å². The number of amides is 1. The minimum absolute atomic E-state index is 0.0720. The van der Waals surface area contributed by atoms with E-state index in [-0.39, 0.29) is 5.91 Å². The van der Waals surface area contributed by atoms with Gasteiger partial charge >= 0.3 is 0 Å². The molecule has 1 heterocycles. The standard InChI is InChI=1S/C13H21N3O/c1-5-10(2)9-15-11-6-7-14-12(8-11)13(17)16(3)4/h6-8,10H,5,9H2,1-4H3,(H,14,15). The Kier molecular flexibility index (Phi) is 4.94. The minimum Gasteiger partial charge on any atom is -0.385 e. The number of anilines is 1. The van der Waals surface area contributed by atoms with Crippen LogP contribution in [0.1, 0.15) is 30.8 Å². The average Bonchev–Trinajstić information content (AvgIpc) is 2.35. The van der Waals surface area contributed by atoms with E-state index in [9.17, 15) is 4.79 Å². The van der Waals surface area contributed by atoms with Crippen LogP contribution in [0.4, 0.5) is 5.69 Å². The molecule has 0 fully saturated rings. The Balaban J connectivity index is 2.69. The third kappa shape index (κ3) is 4.06. The Labute approximate surface area is 103 Å². The van der Waals surface area contributed by atoms with Gasteiger partial charge in [0.25, 0.3) is 5.91 Å². The van der Waals surface area contributed by atoms with Gasteiger partial charge in [0, 0.05) is 32.5 Å². The zero-order chi connectivity index (χ0) is 12.8. The van der Waals surface area contributed by atoms with E-state index in [1.807, 2.05) is 6.07 Å². The van der Waals surface area contributed by atoms with Gasteiger partial charge in [-0.05, 0) is 18.1 Å². The van der Waals surface area contributed by atoms with E-state index < -0.39 is 0 Å². The second kappa shape index (κ2) is 6.23. The molecule has 1 atom stereocenters. The number of carbonyl (C=O) groups excluding carboxylic acids is 1. The SMILES string of the molecule is CCC(C)CNc1ccnc(C(=O)N(C)C)c1. The molecule has 0 aliphatic carbocycles. The molecule has 1 aromatic rings. The largest absolute Gasteiger partial charge is 0.385 e. The van der Waals surface area contributed by atoms with Gasteiger partial charge in [0.1, 0.15) is 5.69 Å². The summed E-state index contributed by atoms with van der Waals surface area (Å²) in [6.07, 6.45) is 2.80. The molecule has 1 unspecified atom stereocenters. The molecule has 0 spiro atoms. The van der Waals surface area contributed by atoms with Gasteiger partial charge in [-0.25, -0.2) is 0 Å². The molecule has 1 amide bonds. The number of nitrogens with one attached hydrogen (secondary N) is 1. The predicted octanol–water partition coefficient (Wildman–Crippen LogP) is 2.24. The maximum absolute atomic E-state index is 11.7. The van der Waals surface area contributed by atoms with Crippen LogP contribution in [-0.2, 0) is 0 Å². The first kappa shape index (κ1) is 13.5. The Bertz CT molecular complexity index is 377. The zero-order valence-electron chi connectivity index (χ0n) is 11.0. The highest BCUT2D eigenvalue weighted by Gasteiger charge is 2.09. The second-order valence-corrected chi connectivity index (χ2v) is 4.52. The van der Waals surface area contributed by atoms with Crippen molar-refractivity contribution in [1.29, 1.82) is 0 Å². The van der Waals surface area contributed by atoms with Crippen molar-refractivity contribution in [3.8, 4) is 0 Å². The topological polar surface area (TPSA) is 45.2 Å². The van der Waals surface area contributed by atoms with E-state index >= 15 is 0 Å². The summed E-state index contributed by atoms with van der Waals surface area (Å²) in [5.74, 6) is 0.549. The number of aromatic nitrogens is 1.